The maximum atomic E-state index is 12.0. The first-order valence-corrected chi connectivity index (χ1v) is 7.52. The number of carbonyl (C=O) groups excluding carboxylic acids is 1. The van der Waals surface area contributed by atoms with Crippen LogP contribution in [0.1, 0.15) is 0 Å². The van der Waals surface area contributed by atoms with Gasteiger partial charge in [0.05, 0.1) is 6.54 Å². The highest BCUT2D eigenvalue weighted by Gasteiger charge is 2.25. The van der Waals surface area contributed by atoms with Crippen molar-refractivity contribution in [3.63, 3.8) is 0 Å². The van der Waals surface area contributed by atoms with Gasteiger partial charge in [-0.15, -0.1) is 11.3 Å². The Labute approximate surface area is 115 Å². The first-order chi connectivity index (χ1) is 8.75. The molecule has 0 aliphatic rings. The Balaban J connectivity index is 2.72. The summed E-state index contributed by atoms with van der Waals surface area (Å²) in [6.45, 7) is -0.865. The summed E-state index contributed by atoms with van der Waals surface area (Å²) in [6, 6.07) is 3.05. The fraction of sp³-hybridized carbons (Fsp3) is 0.400. The smallest absolute Gasteiger partial charge is 0.323 e. The van der Waals surface area contributed by atoms with E-state index in [-0.39, 0.29) is 4.21 Å². The number of hydrogen-bond donors (Lipinski definition) is 1. The predicted molar refractivity (Wildman–Crippen MR) is 69.4 cm³/mol. The average Bonchev–Trinajstić information content (AvgIpc) is 2.81. The van der Waals surface area contributed by atoms with Gasteiger partial charge in [0, 0.05) is 14.1 Å². The van der Waals surface area contributed by atoms with Crippen LogP contribution in [0.15, 0.2) is 21.7 Å². The lowest BCUT2D eigenvalue weighted by Crippen LogP contribution is -2.41. The summed E-state index contributed by atoms with van der Waals surface area (Å²) < 4.78 is 25.1. The Morgan fingerprint density at radius 2 is 1.95 bits per heavy atom. The topological polar surface area (TPSA) is 95.0 Å². The number of carboxylic acids is 1. The molecule has 0 spiro atoms. The van der Waals surface area contributed by atoms with Crippen molar-refractivity contribution in [2.45, 2.75) is 4.21 Å². The van der Waals surface area contributed by atoms with Crippen molar-refractivity contribution in [3.8, 4) is 0 Å². The molecule has 19 heavy (non-hydrogen) atoms. The van der Waals surface area contributed by atoms with Crippen molar-refractivity contribution in [1.82, 2.24) is 9.21 Å². The number of carbonyl (C=O) groups is 2. The fourth-order valence-electron chi connectivity index (χ4n) is 1.25. The first-order valence-electron chi connectivity index (χ1n) is 5.20. The molecule has 0 fully saturated rings. The Morgan fingerprint density at radius 1 is 1.32 bits per heavy atom. The third-order valence-electron chi connectivity index (χ3n) is 2.32. The molecular formula is C10H14N2O5S2. The standard InChI is InChI=1S/C10H14N2O5S2/c1-11(7-9(14)15)8(13)6-12(2)19(16,17)10-4-3-5-18-10/h3-5H,6-7H2,1-2H3,(H,14,15). The van der Waals surface area contributed by atoms with Crippen LogP contribution in [0.5, 0.6) is 0 Å². The van der Waals surface area contributed by atoms with Crippen molar-refractivity contribution in [2.24, 2.45) is 0 Å². The number of thiophene rings is 1. The number of sulfonamides is 1. The maximum Gasteiger partial charge on any atom is 0.323 e. The van der Waals surface area contributed by atoms with Gasteiger partial charge in [-0.25, -0.2) is 8.42 Å². The van der Waals surface area contributed by atoms with Crippen LogP contribution in [-0.4, -0.2) is 61.8 Å². The molecule has 1 aromatic rings. The SMILES string of the molecule is CN(CC(=O)O)C(=O)CN(C)S(=O)(=O)c1cccs1. The summed E-state index contributed by atoms with van der Waals surface area (Å²) in [5.74, 6) is -1.73. The largest absolute Gasteiger partial charge is 0.480 e. The highest BCUT2D eigenvalue weighted by Crippen LogP contribution is 2.19. The van der Waals surface area contributed by atoms with Gasteiger partial charge in [-0.05, 0) is 11.4 Å². The Morgan fingerprint density at radius 3 is 2.42 bits per heavy atom. The Kier molecular flexibility index (Phi) is 5.04. The van der Waals surface area contributed by atoms with Crippen LogP contribution < -0.4 is 0 Å². The Bertz CT molecular complexity index is 552. The van der Waals surface area contributed by atoms with Crippen LogP contribution in [-0.2, 0) is 19.6 Å². The third-order valence-corrected chi connectivity index (χ3v) is 5.49. The zero-order valence-corrected chi connectivity index (χ0v) is 12.1. The molecule has 0 aliphatic heterocycles. The molecule has 7 nitrogen and oxygen atoms in total. The van der Waals surface area contributed by atoms with Crippen LogP contribution in [0, 0.1) is 0 Å². The number of likely N-dealkylation sites (N-methyl/N-ethyl adjacent to an activating group) is 2. The van der Waals surface area contributed by atoms with E-state index in [9.17, 15) is 18.0 Å². The van der Waals surface area contributed by atoms with E-state index in [0.29, 0.717) is 0 Å². The lowest BCUT2D eigenvalue weighted by molar-refractivity contribution is -0.143. The molecule has 1 N–H and O–H groups in total. The minimum Gasteiger partial charge on any atom is -0.480 e. The summed E-state index contributed by atoms with van der Waals surface area (Å²) in [5, 5.41) is 10.2. The van der Waals surface area contributed by atoms with Gasteiger partial charge in [0.1, 0.15) is 10.8 Å². The lowest BCUT2D eigenvalue weighted by Gasteiger charge is -2.19. The number of amides is 1. The zero-order chi connectivity index (χ0) is 14.6. The van der Waals surface area contributed by atoms with Crippen LogP contribution in [0.2, 0.25) is 0 Å². The molecule has 0 saturated heterocycles. The van der Waals surface area contributed by atoms with Gasteiger partial charge in [-0.1, -0.05) is 6.07 Å². The summed E-state index contributed by atoms with van der Waals surface area (Å²) in [6.07, 6.45) is 0. The molecule has 0 aliphatic carbocycles. The van der Waals surface area contributed by atoms with E-state index in [1.807, 2.05) is 0 Å². The lowest BCUT2D eigenvalue weighted by atomic mass is 10.5. The molecule has 0 aromatic carbocycles. The van der Waals surface area contributed by atoms with Gasteiger partial charge in [0.2, 0.25) is 5.91 Å². The van der Waals surface area contributed by atoms with Crippen molar-refractivity contribution >= 4 is 33.2 Å². The van der Waals surface area contributed by atoms with Gasteiger partial charge in [-0.2, -0.15) is 4.31 Å². The first kappa shape index (κ1) is 15.6. The molecule has 106 valence electrons. The normalized spacial score (nSPS) is 11.5. The highest BCUT2D eigenvalue weighted by atomic mass is 32.2. The minimum atomic E-state index is -3.70. The number of nitrogens with zero attached hydrogens (tertiary/aromatic N) is 2. The maximum absolute atomic E-state index is 12.0. The van der Waals surface area contributed by atoms with Gasteiger partial charge < -0.3 is 10.0 Å². The van der Waals surface area contributed by atoms with E-state index in [1.165, 1.54) is 20.2 Å². The van der Waals surface area contributed by atoms with Crippen LogP contribution in [0.3, 0.4) is 0 Å². The Hall–Kier alpha value is -1.45. The number of carboxylic acid groups (broad SMARTS) is 1. The molecule has 9 heteroatoms. The summed E-state index contributed by atoms with van der Waals surface area (Å²) in [5.41, 5.74) is 0. The van der Waals surface area contributed by atoms with Crippen LogP contribution >= 0.6 is 11.3 Å². The molecule has 1 amide bonds. The number of rotatable bonds is 6. The van der Waals surface area contributed by atoms with Crippen molar-refractivity contribution < 1.29 is 23.1 Å². The molecule has 0 radical (unpaired) electrons. The summed E-state index contributed by atoms with van der Waals surface area (Å²) in [7, 11) is -1.11. The second kappa shape index (κ2) is 6.13. The van der Waals surface area contributed by atoms with Gasteiger partial charge in [0.25, 0.3) is 10.0 Å². The molecular weight excluding hydrogens is 292 g/mol. The predicted octanol–water partition coefficient (Wildman–Crippen LogP) is -0.0884. The second-order valence-corrected chi connectivity index (χ2v) is 7.06. The number of aliphatic carboxylic acids is 1. The molecule has 0 atom stereocenters. The minimum absolute atomic E-state index is 0.142. The van der Waals surface area contributed by atoms with E-state index in [2.05, 4.69) is 0 Å². The fourth-order valence-corrected chi connectivity index (χ4v) is 3.57. The molecule has 0 saturated carbocycles. The van der Waals surface area contributed by atoms with Gasteiger partial charge in [-0.3, -0.25) is 9.59 Å². The van der Waals surface area contributed by atoms with E-state index < -0.39 is 35.0 Å². The molecule has 0 bridgehead atoms. The molecule has 1 aromatic heterocycles. The second-order valence-electron chi connectivity index (χ2n) is 3.84. The van der Waals surface area contributed by atoms with Crippen LogP contribution in [0.25, 0.3) is 0 Å². The molecule has 1 heterocycles. The average molecular weight is 306 g/mol. The molecule has 0 unspecified atom stereocenters. The van der Waals surface area contributed by atoms with E-state index in [1.54, 1.807) is 11.4 Å². The molecule has 1 rings (SSSR count). The van der Waals surface area contributed by atoms with E-state index in [0.717, 1.165) is 20.5 Å². The van der Waals surface area contributed by atoms with Gasteiger partial charge >= 0.3 is 5.97 Å². The summed E-state index contributed by atoms with van der Waals surface area (Å²) in [4.78, 5) is 23.1. The van der Waals surface area contributed by atoms with Crippen molar-refractivity contribution in [2.75, 3.05) is 27.2 Å². The third kappa shape index (κ3) is 4.01. The highest BCUT2D eigenvalue weighted by molar-refractivity contribution is 7.91. The van der Waals surface area contributed by atoms with E-state index >= 15 is 0 Å². The van der Waals surface area contributed by atoms with Gasteiger partial charge in [0.15, 0.2) is 0 Å². The monoisotopic (exact) mass is 306 g/mol. The number of hydrogen-bond acceptors (Lipinski definition) is 5. The van der Waals surface area contributed by atoms with Crippen LogP contribution in [0.4, 0.5) is 0 Å². The van der Waals surface area contributed by atoms with E-state index in [4.69, 9.17) is 5.11 Å². The van der Waals surface area contributed by atoms with Crippen molar-refractivity contribution in [1.29, 1.82) is 0 Å². The zero-order valence-electron chi connectivity index (χ0n) is 10.4. The summed E-state index contributed by atoms with van der Waals surface area (Å²) >= 11 is 1.06. The van der Waals surface area contributed by atoms with Crippen molar-refractivity contribution in [3.05, 3.63) is 17.5 Å². The quantitative estimate of drug-likeness (QED) is 0.792.